The molecular weight excluding hydrogens is 542 g/mol. The highest BCUT2D eigenvalue weighted by Gasteiger charge is 2.16. The average molecular weight is 584 g/mol. The Kier molecular flexibility index (Phi) is 10.2. The van der Waals surface area contributed by atoms with E-state index in [-0.39, 0.29) is 4.90 Å². The lowest BCUT2D eigenvalue weighted by Gasteiger charge is -2.23. The van der Waals surface area contributed by atoms with Crippen LogP contribution in [0.5, 0.6) is 0 Å². The van der Waals surface area contributed by atoms with E-state index < -0.39 is 10.1 Å². The summed E-state index contributed by atoms with van der Waals surface area (Å²) >= 11 is 0. The summed E-state index contributed by atoms with van der Waals surface area (Å²) in [5.41, 5.74) is 8.75. The predicted octanol–water partition coefficient (Wildman–Crippen LogP) is 6.49. The molecule has 0 heterocycles. The lowest BCUT2D eigenvalue weighted by Crippen LogP contribution is -2.21. The van der Waals surface area contributed by atoms with Gasteiger partial charge < -0.3 is 14.4 Å². The first-order valence-corrected chi connectivity index (χ1v) is 16.0. The SMILES string of the molecule is CCN(CC)c1ccc(C(=C2C=CC(=[N+](C)Cc3cccc(S(=O)(=O)[O-])c3)C=C2)c2ccc(N(CC)CC)cc2)cc1. The highest BCUT2D eigenvalue weighted by atomic mass is 32.2. The summed E-state index contributed by atoms with van der Waals surface area (Å²) in [7, 11) is -2.54. The molecule has 1 aliphatic carbocycles. The number of anilines is 2. The summed E-state index contributed by atoms with van der Waals surface area (Å²) < 4.78 is 36.4. The zero-order valence-corrected chi connectivity index (χ0v) is 26.1. The van der Waals surface area contributed by atoms with Crippen LogP contribution in [0.15, 0.2) is 108 Å². The van der Waals surface area contributed by atoms with Crippen LogP contribution in [0.4, 0.5) is 11.4 Å². The van der Waals surface area contributed by atoms with Gasteiger partial charge in [-0.1, -0.05) is 36.4 Å². The lowest BCUT2D eigenvalue weighted by atomic mass is 9.90. The zero-order valence-electron chi connectivity index (χ0n) is 25.2. The molecule has 0 aliphatic heterocycles. The van der Waals surface area contributed by atoms with Crippen LogP contribution < -0.4 is 9.80 Å². The van der Waals surface area contributed by atoms with Crippen LogP contribution in [-0.2, 0) is 16.7 Å². The van der Waals surface area contributed by atoms with Gasteiger partial charge in [0.05, 0.1) is 4.90 Å². The number of hydrogen-bond acceptors (Lipinski definition) is 5. The van der Waals surface area contributed by atoms with Crippen LogP contribution in [-0.4, -0.2) is 56.5 Å². The number of allylic oxidation sites excluding steroid dienone is 5. The second kappa shape index (κ2) is 13.8. The van der Waals surface area contributed by atoms with E-state index in [0.29, 0.717) is 6.54 Å². The standard InChI is InChI=1S/C35H41N3O3S/c1-6-37(7-2)32-21-15-29(16-22-32)35(30-17-23-33(24-18-30)38(8-3)9-4)28-13-19-31(20-14-28)36(5)26-27-11-10-12-34(25-27)42(39,40)41/h10-25H,6-9,26H2,1-5H3. The molecule has 3 aromatic rings. The zero-order chi connectivity index (χ0) is 30.3. The second-order valence-corrected chi connectivity index (χ2v) is 11.7. The Hall–Kier alpha value is -3.94. The maximum atomic E-state index is 11.5. The summed E-state index contributed by atoms with van der Waals surface area (Å²) in [6, 6.07) is 23.8. The Balaban J connectivity index is 1.71. The lowest BCUT2D eigenvalue weighted by molar-refractivity contribution is -0.512. The third-order valence-corrected chi connectivity index (χ3v) is 8.60. The highest BCUT2D eigenvalue weighted by Crippen LogP contribution is 2.32. The summed E-state index contributed by atoms with van der Waals surface area (Å²) in [4.78, 5) is 4.48. The molecule has 0 N–H and O–H groups in total. The van der Waals surface area contributed by atoms with Crippen LogP contribution in [0.2, 0.25) is 0 Å². The van der Waals surface area contributed by atoms with Gasteiger partial charge in [0.25, 0.3) is 0 Å². The van der Waals surface area contributed by atoms with Crippen molar-refractivity contribution in [2.24, 2.45) is 0 Å². The molecule has 0 unspecified atom stereocenters. The van der Waals surface area contributed by atoms with Gasteiger partial charge in [-0.15, -0.1) is 0 Å². The number of rotatable bonds is 11. The summed E-state index contributed by atoms with van der Waals surface area (Å²) in [6.07, 6.45) is 8.43. The molecule has 6 nitrogen and oxygen atoms in total. The average Bonchev–Trinajstić information content (AvgIpc) is 3.00. The molecular formula is C35H41N3O3S. The minimum atomic E-state index is -4.49. The molecule has 0 radical (unpaired) electrons. The van der Waals surface area contributed by atoms with Crippen LogP contribution >= 0.6 is 0 Å². The third kappa shape index (κ3) is 7.27. The Labute approximate surface area is 251 Å². The Bertz CT molecular complexity index is 1530. The monoisotopic (exact) mass is 583 g/mol. The van der Waals surface area contributed by atoms with Crippen molar-refractivity contribution in [1.29, 1.82) is 0 Å². The van der Waals surface area contributed by atoms with Crippen molar-refractivity contribution >= 4 is 32.8 Å². The van der Waals surface area contributed by atoms with Crippen molar-refractivity contribution in [3.05, 3.63) is 119 Å². The molecule has 1 aliphatic rings. The van der Waals surface area contributed by atoms with Crippen molar-refractivity contribution in [3.63, 3.8) is 0 Å². The quantitative estimate of drug-likeness (QED) is 0.191. The molecule has 0 spiro atoms. The second-order valence-electron chi connectivity index (χ2n) is 10.3. The summed E-state index contributed by atoms with van der Waals surface area (Å²) in [5, 5.41) is 0. The fourth-order valence-electron chi connectivity index (χ4n) is 5.40. The molecule has 0 fully saturated rings. The van der Waals surface area contributed by atoms with Gasteiger partial charge in [-0.2, -0.15) is 0 Å². The summed E-state index contributed by atoms with van der Waals surface area (Å²) in [5.74, 6) is 0. The van der Waals surface area contributed by atoms with Gasteiger partial charge in [0.15, 0.2) is 12.3 Å². The minimum Gasteiger partial charge on any atom is -0.744 e. The van der Waals surface area contributed by atoms with Crippen molar-refractivity contribution < 1.29 is 17.5 Å². The minimum absolute atomic E-state index is 0.206. The van der Waals surface area contributed by atoms with Crippen LogP contribution in [0.1, 0.15) is 44.4 Å². The van der Waals surface area contributed by atoms with Crippen molar-refractivity contribution in [2.45, 2.75) is 39.1 Å². The van der Waals surface area contributed by atoms with E-state index in [0.717, 1.165) is 59.7 Å². The molecule has 0 amide bonds. The Morgan fingerprint density at radius 3 is 1.62 bits per heavy atom. The van der Waals surface area contributed by atoms with E-state index in [1.807, 2.05) is 17.7 Å². The third-order valence-electron chi connectivity index (χ3n) is 7.77. The van der Waals surface area contributed by atoms with Crippen LogP contribution in [0, 0.1) is 0 Å². The van der Waals surface area contributed by atoms with Gasteiger partial charge in [-0.25, -0.2) is 13.0 Å². The molecule has 0 saturated carbocycles. The normalized spacial score (nSPS) is 12.9. The molecule has 0 aromatic heterocycles. The van der Waals surface area contributed by atoms with Gasteiger partial charge in [-0.05, 0) is 98.5 Å². The van der Waals surface area contributed by atoms with Crippen LogP contribution in [0.3, 0.4) is 0 Å². The summed E-state index contributed by atoms with van der Waals surface area (Å²) in [6.45, 7) is 13.0. The topological polar surface area (TPSA) is 66.7 Å². The van der Waals surface area contributed by atoms with E-state index >= 15 is 0 Å². The maximum Gasteiger partial charge on any atom is 0.199 e. The van der Waals surface area contributed by atoms with Crippen molar-refractivity contribution in [2.75, 3.05) is 43.0 Å². The number of benzene rings is 3. The van der Waals surface area contributed by atoms with E-state index in [9.17, 15) is 13.0 Å². The first-order chi connectivity index (χ1) is 20.2. The smallest absolute Gasteiger partial charge is 0.199 e. The molecule has 0 saturated heterocycles. The van der Waals surface area contributed by atoms with E-state index in [1.165, 1.54) is 23.5 Å². The van der Waals surface area contributed by atoms with Gasteiger partial charge in [0.2, 0.25) is 0 Å². The van der Waals surface area contributed by atoms with Crippen molar-refractivity contribution in [1.82, 2.24) is 0 Å². The van der Waals surface area contributed by atoms with E-state index in [4.69, 9.17) is 0 Å². The number of hydrogen-bond donors (Lipinski definition) is 0. The maximum absolute atomic E-state index is 11.5. The van der Waals surface area contributed by atoms with Gasteiger partial charge >= 0.3 is 0 Å². The highest BCUT2D eigenvalue weighted by molar-refractivity contribution is 7.85. The Morgan fingerprint density at radius 1 is 0.714 bits per heavy atom. The molecule has 4 rings (SSSR count). The van der Waals surface area contributed by atoms with E-state index in [2.05, 4.69) is 110 Å². The molecule has 0 atom stereocenters. The van der Waals surface area contributed by atoms with Crippen molar-refractivity contribution in [3.8, 4) is 0 Å². The van der Waals surface area contributed by atoms with Gasteiger partial charge in [-0.3, -0.25) is 0 Å². The van der Waals surface area contributed by atoms with Gasteiger partial charge in [0.1, 0.15) is 17.2 Å². The van der Waals surface area contributed by atoms with Crippen LogP contribution in [0.25, 0.3) is 5.57 Å². The van der Waals surface area contributed by atoms with Gasteiger partial charge in [0, 0.05) is 55.3 Å². The first-order valence-electron chi connectivity index (χ1n) is 14.6. The molecule has 7 heteroatoms. The fraction of sp³-hybridized carbons (Fsp3) is 0.286. The largest absolute Gasteiger partial charge is 0.744 e. The Morgan fingerprint density at radius 2 is 1.19 bits per heavy atom. The predicted molar refractivity (Wildman–Crippen MR) is 174 cm³/mol. The molecule has 220 valence electrons. The fourth-order valence-corrected chi connectivity index (χ4v) is 5.94. The van der Waals surface area contributed by atoms with E-state index in [1.54, 1.807) is 6.07 Å². The molecule has 0 bridgehead atoms. The first kappa shape index (κ1) is 31.0. The number of nitrogens with zero attached hydrogens (tertiary/aromatic N) is 3. The molecule has 3 aromatic carbocycles. The molecule has 42 heavy (non-hydrogen) atoms.